The Balaban J connectivity index is 0.000000437. The average molecular weight is 252 g/mol. The largest absolute Gasteiger partial charge is 0.673 e. The van der Waals surface area contributed by atoms with Crippen molar-refractivity contribution in [2.75, 3.05) is 7.11 Å². The lowest BCUT2D eigenvalue weighted by atomic mass is 10.1. The molecule has 0 radical (unpaired) electrons. The Kier molecular flexibility index (Phi) is 6.08. The van der Waals surface area contributed by atoms with Crippen molar-refractivity contribution in [3.8, 4) is 5.75 Å². The van der Waals surface area contributed by atoms with E-state index in [-0.39, 0.29) is 12.3 Å². The first-order valence-corrected chi connectivity index (χ1v) is 4.51. The van der Waals surface area contributed by atoms with Crippen LogP contribution in [0.15, 0.2) is 24.3 Å². The van der Waals surface area contributed by atoms with Crippen LogP contribution in [-0.4, -0.2) is 20.3 Å². The summed E-state index contributed by atoms with van der Waals surface area (Å²) >= 11 is 0. The van der Waals surface area contributed by atoms with Crippen LogP contribution in [0.1, 0.15) is 5.56 Å². The lowest BCUT2D eigenvalue weighted by molar-refractivity contribution is -0.117. The Bertz CT molecular complexity index is 364. The van der Waals surface area contributed by atoms with Gasteiger partial charge in [0, 0.05) is 5.56 Å². The minimum atomic E-state index is -6.00. The smallest absolute Gasteiger partial charge is 0.496 e. The highest BCUT2D eigenvalue weighted by Gasteiger charge is 2.20. The van der Waals surface area contributed by atoms with Crippen molar-refractivity contribution < 1.29 is 26.8 Å². The summed E-state index contributed by atoms with van der Waals surface area (Å²) in [7, 11) is -4.43. The fourth-order valence-electron chi connectivity index (χ4n) is 1.04. The van der Waals surface area contributed by atoms with Gasteiger partial charge in [-0.2, -0.15) is 0 Å². The second kappa shape index (κ2) is 6.77. The van der Waals surface area contributed by atoms with Crippen molar-refractivity contribution in [1.82, 2.24) is 0 Å². The van der Waals surface area contributed by atoms with E-state index >= 15 is 0 Å². The van der Waals surface area contributed by atoms with Gasteiger partial charge in [0.1, 0.15) is 5.75 Å². The number of carbonyl (C=O) groups is 1. The highest BCUT2D eigenvalue weighted by molar-refractivity contribution is 6.50. The lowest BCUT2D eigenvalue weighted by Gasteiger charge is -2.04. The van der Waals surface area contributed by atoms with Crippen LogP contribution in [0, 0.1) is 0 Å². The molecule has 0 aliphatic rings. The molecule has 3 nitrogen and oxygen atoms in total. The second-order valence-electron chi connectivity index (χ2n) is 2.95. The van der Waals surface area contributed by atoms with Crippen LogP contribution in [0.3, 0.4) is 0 Å². The predicted molar refractivity (Wildman–Crippen MR) is 56.1 cm³/mol. The van der Waals surface area contributed by atoms with Crippen LogP contribution in [0.4, 0.5) is 17.3 Å². The number of amides is 1. The zero-order valence-electron chi connectivity index (χ0n) is 9.00. The summed E-state index contributed by atoms with van der Waals surface area (Å²) in [5.41, 5.74) is 5.88. The van der Waals surface area contributed by atoms with Gasteiger partial charge >= 0.3 is 7.25 Å². The lowest BCUT2D eigenvalue weighted by Crippen LogP contribution is -2.14. The molecule has 0 heterocycles. The van der Waals surface area contributed by atoms with Crippen molar-refractivity contribution in [3.63, 3.8) is 0 Å². The molecule has 0 aliphatic carbocycles. The number of ether oxygens (including phenoxy) is 1. The minimum Gasteiger partial charge on any atom is -0.496 e. The van der Waals surface area contributed by atoms with Gasteiger partial charge in [0.15, 0.2) is 0 Å². The van der Waals surface area contributed by atoms with Crippen molar-refractivity contribution in [3.05, 3.63) is 29.8 Å². The van der Waals surface area contributed by atoms with Gasteiger partial charge in [0.25, 0.3) is 0 Å². The number of methoxy groups -OCH3 is 1. The zero-order valence-corrected chi connectivity index (χ0v) is 9.00. The fraction of sp³-hybridized carbons (Fsp3) is 0.222. The molecule has 1 aromatic carbocycles. The summed E-state index contributed by atoms with van der Waals surface area (Å²) in [6.07, 6.45) is 0.226. The van der Waals surface area contributed by atoms with Gasteiger partial charge in [-0.15, -0.1) is 0 Å². The summed E-state index contributed by atoms with van der Waals surface area (Å²) in [6, 6.07) is 7.33. The molecule has 0 bridgehead atoms. The molecule has 0 saturated carbocycles. The van der Waals surface area contributed by atoms with E-state index in [1.54, 1.807) is 13.2 Å². The number of carbonyl (C=O) groups excluding carboxylic acids is 1. The molecule has 0 aromatic heterocycles. The van der Waals surface area contributed by atoms with E-state index < -0.39 is 7.25 Å². The van der Waals surface area contributed by atoms with Crippen LogP contribution >= 0.6 is 0 Å². The molecule has 1 amide bonds. The molecule has 17 heavy (non-hydrogen) atoms. The number of hydrogen-bond acceptors (Lipinski definition) is 2. The van der Waals surface area contributed by atoms with Crippen molar-refractivity contribution in [2.24, 2.45) is 5.73 Å². The molecule has 0 saturated heterocycles. The minimum absolute atomic E-state index is 0.226. The third-order valence-electron chi connectivity index (χ3n) is 1.56. The van der Waals surface area contributed by atoms with Crippen LogP contribution in [0.25, 0.3) is 0 Å². The first kappa shape index (κ1) is 15.3. The zero-order chi connectivity index (χ0) is 13.5. The predicted octanol–water partition coefficient (Wildman–Crippen LogP) is 2.02. The summed E-state index contributed by atoms with van der Waals surface area (Å²) < 4.78 is 44.0. The number of para-hydroxylation sites is 1. The van der Waals surface area contributed by atoms with E-state index in [1.807, 2.05) is 18.2 Å². The number of nitrogens with two attached hydrogens (primary N) is 1. The van der Waals surface area contributed by atoms with Gasteiger partial charge in [-0.3, -0.25) is 4.79 Å². The first-order valence-electron chi connectivity index (χ1n) is 4.51. The van der Waals surface area contributed by atoms with Gasteiger partial charge in [-0.25, -0.2) is 0 Å². The Morgan fingerprint density at radius 2 is 1.76 bits per heavy atom. The normalized spacial score (nSPS) is 10.2. The molecule has 0 unspecified atom stereocenters. The first-order chi connectivity index (χ1) is 7.74. The third-order valence-corrected chi connectivity index (χ3v) is 1.56. The van der Waals surface area contributed by atoms with Crippen molar-refractivity contribution in [2.45, 2.75) is 6.42 Å². The molecule has 96 valence electrons. The van der Waals surface area contributed by atoms with Crippen LogP contribution in [0.5, 0.6) is 5.75 Å². The molecule has 0 aliphatic heterocycles. The molecule has 0 spiro atoms. The summed E-state index contributed by atoms with van der Waals surface area (Å²) in [5, 5.41) is 0. The van der Waals surface area contributed by atoms with Crippen molar-refractivity contribution in [1.29, 1.82) is 0 Å². The van der Waals surface area contributed by atoms with Crippen LogP contribution in [0.2, 0.25) is 0 Å². The molecule has 0 fully saturated rings. The maximum absolute atomic E-state index is 10.6. The number of primary amides is 1. The Labute approximate surface area is 95.7 Å². The highest BCUT2D eigenvalue weighted by atomic mass is 19.5. The second-order valence-corrected chi connectivity index (χ2v) is 2.95. The topological polar surface area (TPSA) is 52.3 Å². The highest BCUT2D eigenvalue weighted by Crippen LogP contribution is 2.17. The van der Waals surface area contributed by atoms with Gasteiger partial charge < -0.3 is 27.7 Å². The standard InChI is InChI=1S/C9H11NO2.BF4/c1-12-8-5-3-2-4-7(8)6-9(10)11;2-1(3,4)5/h2-5H,6H2,1H3,(H2,10,11);/q;-1. The molecular formula is C9H11BF4NO2-. The molecule has 0 atom stereocenters. The molecule has 2 N–H and O–H groups in total. The van der Waals surface area contributed by atoms with E-state index in [2.05, 4.69) is 0 Å². The number of benzene rings is 1. The fourth-order valence-corrected chi connectivity index (χ4v) is 1.04. The van der Waals surface area contributed by atoms with Gasteiger partial charge in [0.05, 0.1) is 13.5 Å². The average Bonchev–Trinajstić information content (AvgIpc) is 2.15. The number of rotatable bonds is 3. The third kappa shape index (κ3) is 9.22. The summed E-state index contributed by atoms with van der Waals surface area (Å²) in [5.74, 6) is 0.357. The van der Waals surface area contributed by atoms with E-state index in [1.165, 1.54) is 0 Å². The summed E-state index contributed by atoms with van der Waals surface area (Å²) in [4.78, 5) is 10.6. The quantitative estimate of drug-likeness (QED) is 0.660. The SMILES string of the molecule is COc1ccccc1CC(N)=O.F[B-](F)(F)F. The maximum Gasteiger partial charge on any atom is 0.673 e. The molecule has 8 heteroatoms. The van der Waals surface area contributed by atoms with E-state index in [9.17, 15) is 22.1 Å². The van der Waals surface area contributed by atoms with Gasteiger partial charge in [0.2, 0.25) is 5.91 Å². The van der Waals surface area contributed by atoms with E-state index in [0.717, 1.165) is 5.56 Å². The Hall–Kier alpha value is -1.73. The van der Waals surface area contributed by atoms with Gasteiger partial charge in [-0.1, -0.05) is 18.2 Å². The van der Waals surface area contributed by atoms with Crippen LogP contribution < -0.4 is 10.5 Å². The summed E-state index contributed by atoms with van der Waals surface area (Å²) in [6.45, 7) is 0. The Morgan fingerprint density at radius 1 is 1.29 bits per heavy atom. The monoisotopic (exact) mass is 252 g/mol. The molecule has 1 aromatic rings. The number of halogens is 4. The van der Waals surface area contributed by atoms with E-state index in [0.29, 0.717) is 5.75 Å². The van der Waals surface area contributed by atoms with E-state index in [4.69, 9.17) is 10.5 Å². The van der Waals surface area contributed by atoms with Crippen LogP contribution in [-0.2, 0) is 11.2 Å². The molecule has 1 rings (SSSR count). The molecular weight excluding hydrogens is 241 g/mol. The Morgan fingerprint density at radius 3 is 2.18 bits per heavy atom. The van der Waals surface area contributed by atoms with Crippen molar-refractivity contribution >= 4 is 13.2 Å². The van der Waals surface area contributed by atoms with Gasteiger partial charge in [-0.05, 0) is 6.07 Å². The number of hydrogen-bond donors (Lipinski definition) is 1. The maximum atomic E-state index is 10.6.